The number of hydrogen-bond donors (Lipinski definition) is 2. The summed E-state index contributed by atoms with van der Waals surface area (Å²) in [7, 11) is 0. The number of benzene rings is 1. The lowest BCUT2D eigenvalue weighted by molar-refractivity contribution is -0.117. The van der Waals surface area contributed by atoms with Crippen molar-refractivity contribution in [3.05, 3.63) is 24.1 Å². The SMILES string of the molecule is C[C@H](N)C(=O)Nc1ccc2nc(C3CC3)oc2c1.Cl. The molecule has 0 bridgehead atoms. The minimum atomic E-state index is -0.530. The predicted molar refractivity (Wildman–Crippen MR) is 75.5 cm³/mol. The highest BCUT2D eigenvalue weighted by molar-refractivity contribution is 5.95. The monoisotopic (exact) mass is 281 g/mol. The number of hydrogen-bond acceptors (Lipinski definition) is 4. The maximum atomic E-state index is 11.5. The van der Waals surface area contributed by atoms with Gasteiger partial charge in [0.1, 0.15) is 5.52 Å². The smallest absolute Gasteiger partial charge is 0.241 e. The molecule has 3 rings (SSSR count). The maximum Gasteiger partial charge on any atom is 0.241 e. The fourth-order valence-corrected chi connectivity index (χ4v) is 1.78. The van der Waals surface area contributed by atoms with Gasteiger partial charge in [-0.25, -0.2) is 4.98 Å². The largest absolute Gasteiger partial charge is 0.440 e. The second kappa shape index (κ2) is 5.19. The molecule has 1 aromatic heterocycles. The quantitative estimate of drug-likeness (QED) is 0.905. The number of oxazole rings is 1. The van der Waals surface area contributed by atoms with Gasteiger partial charge in [0, 0.05) is 17.7 Å². The molecule has 1 aliphatic carbocycles. The summed E-state index contributed by atoms with van der Waals surface area (Å²) in [5, 5.41) is 2.74. The van der Waals surface area contributed by atoms with Crippen molar-refractivity contribution in [1.82, 2.24) is 4.98 Å². The number of rotatable bonds is 3. The first kappa shape index (κ1) is 13.8. The number of halogens is 1. The first-order valence-electron chi connectivity index (χ1n) is 6.10. The maximum absolute atomic E-state index is 11.5. The fraction of sp³-hybridized carbons (Fsp3) is 0.385. The van der Waals surface area contributed by atoms with Crippen LogP contribution in [0.15, 0.2) is 22.6 Å². The van der Waals surface area contributed by atoms with E-state index < -0.39 is 6.04 Å². The molecule has 19 heavy (non-hydrogen) atoms. The molecule has 1 atom stereocenters. The Morgan fingerprint density at radius 3 is 2.89 bits per heavy atom. The number of nitrogens with one attached hydrogen (secondary N) is 1. The Hall–Kier alpha value is -1.59. The van der Waals surface area contributed by atoms with E-state index in [1.807, 2.05) is 12.1 Å². The van der Waals surface area contributed by atoms with E-state index in [-0.39, 0.29) is 18.3 Å². The van der Waals surface area contributed by atoms with Gasteiger partial charge in [-0.1, -0.05) is 0 Å². The highest BCUT2D eigenvalue weighted by Crippen LogP contribution is 2.40. The van der Waals surface area contributed by atoms with Gasteiger partial charge in [-0.15, -0.1) is 12.4 Å². The molecule has 3 N–H and O–H groups in total. The standard InChI is InChI=1S/C13H15N3O2.ClH/c1-7(14)12(17)15-9-4-5-10-11(6-9)18-13(16-10)8-2-3-8;/h4-8H,2-3,14H2,1H3,(H,15,17);1H/t7-;/m0./s1. The zero-order valence-corrected chi connectivity index (χ0v) is 11.4. The third kappa shape index (κ3) is 2.88. The van der Waals surface area contributed by atoms with Gasteiger partial charge in [0.15, 0.2) is 11.5 Å². The number of anilines is 1. The van der Waals surface area contributed by atoms with Crippen molar-refractivity contribution in [2.24, 2.45) is 5.73 Å². The normalized spacial score (nSPS) is 15.9. The highest BCUT2D eigenvalue weighted by Gasteiger charge is 2.28. The molecule has 102 valence electrons. The first-order chi connectivity index (χ1) is 8.63. The lowest BCUT2D eigenvalue weighted by Gasteiger charge is -2.06. The van der Waals surface area contributed by atoms with E-state index in [1.165, 1.54) is 0 Å². The lowest BCUT2D eigenvalue weighted by atomic mass is 10.2. The van der Waals surface area contributed by atoms with Gasteiger partial charge in [0.2, 0.25) is 5.91 Å². The minimum absolute atomic E-state index is 0. The average molecular weight is 282 g/mol. The predicted octanol–water partition coefficient (Wildman–Crippen LogP) is 2.41. The van der Waals surface area contributed by atoms with Gasteiger partial charge in [0.05, 0.1) is 6.04 Å². The summed E-state index contributed by atoms with van der Waals surface area (Å²) >= 11 is 0. The van der Waals surface area contributed by atoms with Crippen LogP contribution in [0.25, 0.3) is 11.1 Å². The summed E-state index contributed by atoms with van der Waals surface area (Å²) in [4.78, 5) is 15.9. The molecular weight excluding hydrogens is 266 g/mol. The second-order valence-corrected chi connectivity index (χ2v) is 4.79. The van der Waals surface area contributed by atoms with E-state index in [0.29, 0.717) is 17.2 Å². The van der Waals surface area contributed by atoms with Gasteiger partial charge in [0.25, 0.3) is 0 Å². The number of amides is 1. The Kier molecular flexibility index (Phi) is 3.78. The Morgan fingerprint density at radius 1 is 1.53 bits per heavy atom. The molecule has 1 heterocycles. The van der Waals surface area contributed by atoms with Crippen molar-refractivity contribution in [2.45, 2.75) is 31.7 Å². The van der Waals surface area contributed by atoms with E-state index >= 15 is 0 Å². The summed E-state index contributed by atoms with van der Waals surface area (Å²) < 4.78 is 5.68. The van der Waals surface area contributed by atoms with Gasteiger partial charge in [-0.2, -0.15) is 0 Å². The van der Waals surface area contributed by atoms with Crippen molar-refractivity contribution in [2.75, 3.05) is 5.32 Å². The van der Waals surface area contributed by atoms with E-state index in [9.17, 15) is 4.79 Å². The van der Waals surface area contributed by atoms with Crippen LogP contribution >= 0.6 is 12.4 Å². The number of nitrogens with two attached hydrogens (primary N) is 1. The van der Waals surface area contributed by atoms with Crippen LogP contribution in [0.1, 0.15) is 31.6 Å². The number of carbonyl (C=O) groups excluding carboxylic acids is 1. The minimum Gasteiger partial charge on any atom is -0.440 e. The van der Waals surface area contributed by atoms with Gasteiger partial charge >= 0.3 is 0 Å². The van der Waals surface area contributed by atoms with Crippen molar-refractivity contribution < 1.29 is 9.21 Å². The Balaban J connectivity index is 0.00000133. The lowest BCUT2D eigenvalue weighted by Crippen LogP contribution is -2.32. The Morgan fingerprint density at radius 2 is 2.26 bits per heavy atom. The van der Waals surface area contributed by atoms with Crippen LogP contribution < -0.4 is 11.1 Å². The van der Waals surface area contributed by atoms with Gasteiger partial charge in [-0.3, -0.25) is 4.79 Å². The van der Waals surface area contributed by atoms with Gasteiger partial charge < -0.3 is 15.5 Å². The molecular formula is C13H16ClN3O2. The van der Waals surface area contributed by atoms with Crippen molar-refractivity contribution in [3.8, 4) is 0 Å². The van der Waals surface area contributed by atoms with Crippen LogP contribution in [-0.2, 0) is 4.79 Å². The summed E-state index contributed by atoms with van der Waals surface area (Å²) in [6, 6.07) is 4.91. The molecule has 2 aromatic rings. The van der Waals surface area contributed by atoms with Crippen LogP contribution in [0.3, 0.4) is 0 Å². The molecule has 5 nitrogen and oxygen atoms in total. The molecule has 1 aromatic carbocycles. The van der Waals surface area contributed by atoms with E-state index in [0.717, 1.165) is 24.2 Å². The van der Waals surface area contributed by atoms with E-state index in [4.69, 9.17) is 10.2 Å². The zero-order valence-electron chi connectivity index (χ0n) is 10.6. The van der Waals surface area contributed by atoms with Crippen molar-refractivity contribution in [3.63, 3.8) is 0 Å². The van der Waals surface area contributed by atoms with Crippen molar-refractivity contribution >= 4 is 35.1 Å². The molecule has 0 spiro atoms. The van der Waals surface area contributed by atoms with Crippen LogP contribution in [0.2, 0.25) is 0 Å². The summed E-state index contributed by atoms with van der Waals surface area (Å²) in [5.74, 6) is 1.08. The second-order valence-electron chi connectivity index (χ2n) is 4.79. The first-order valence-corrected chi connectivity index (χ1v) is 6.10. The van der Waals surface area contributed by atoms with Crippen LogP contribution in [0.4, 0.5) is 5.69 Å². The molecule has 1 fully saturated rings. The van der Waals surface area contributed by atoms with Crippen LogP contribution in [0.5, 0.6) is 0 Å². The van der Waals surface area contributed by atoms with E-state index in [2.05, 4.69) is 10.3 Å². The Bertz CT molecular complexity index is 605. The van der Waals surface area contributed by atoms with Crippen molar-refractivity contribution in [1.29, 1.82) is 0 Å². The molecule has 0 saturated heterocycles. The third-order valence-electron chi connectivity index (χ3n) is 3.01. The number of nitrogens with zero attached hydrogens (tertiary/aromatic N) is 1. The van der Waals surface area contributed by atoms with Crippen LogP contribution in [0, 0.1) is 0 Å². The molecule has 0 radical (unpaired) electrons. The third-order valence-corrected chi connectivity index (χ3v) is 3.01. The van der Waals surface area contributed by atoms with E-state index in [1.54, 1.807) is 13.0 Å². The number of carbonyl (C=O) groups is 1. The summed E-state index contributed by atoms with van der Waals surface area (Å²) in [5.41, 5.74) is 7.72. The fourth-order valence-electron chi connectivity index (χ4n) is 1.78. The zero-order chi connectivity index (χ0) is 12.7. The molecule has 6 heteroatoms. The topological polar surface area (TPSA) is 81.2 Å². The molecule has 1 aliphatic rings. The molecule has 1 saturated carbocycles. The van der Waals surface area contributed by atoms with Crippen LogP contribution in [-0.4, -0.2) is 16.9 Å². The average Bonchev–Trinajstić information content (AvgIpc) is 3.09. The van der Waals surface area contributed by atoms with Gasteiger partial charge in [-0.05, 0) is 31.9 Å². The number of fused-ring (bicyclic) bond motifs is 1. The molecule has 0 unspecified atom stereocenters. The summed E-state index contributed by atoms with van der Waals surface area (Å²) in [6.07, 6.45) is 2.31. The number of aromatic nitrogens is 1. The Labute approximate surface area is 117 Å². The summed E-state index contributed by atoms with van der Waals surface area (Å²) in [6.45, 7) is 1.65. The molecule has 1 amide bonds. The molecule has 0 aliphatic heterocycles. The highest BCUT2D eigenvalue weighted by atomic mass is 35.5.